The lowest BCUT2D eigenvalue weighted by atomic mass is 10.1. The average Bonchev–Trinajstić information content (AvgIpc) is 3.43. The van der Waals surface area contributed by atoms with Crippen LogP contribution in [0.4, 0.5) is 23.0 Å². The van der Waals surface area contributed by atoms with Gasteiger partial charge >= 0.3 is 0 Å². The van der Waals surface area contributed by atoms with Crippen molar-refractivity contribution in [3.05, 3.63) is 48.9 Å². The molecule has 2 fully saturated rings. The topological polar surface area (TPSA) is 107 Å². The molecule has 210 valence electrons. The van der Waals surface area contributed by atoms with Crippen LogP contribution in [0, 0.1) is 0 Å². The summed E-state index contributed by atoms with van der Waals surface area (Å²) >= 11 is 0. The highest BCUT2D eigenvalue weighted by molar-refractivity contribution is 5.95. The molecule has 1 N–H and O–H groups in total. The van der Waals surface area contributed by atoms with Gasteiger partial charge in [0.2, 0.25) is 23.6 Å². The number of hydrogen-bond donors (Lipinski definition) is 1. The van der Waals surface area contributed by atoms with Gasteiger partial charge in [0.1, 0.15) is 0 Å². The zero-order valence-electron chi connectivity index (χ0n) is 23.3. The van der Waals surface area contributed by atoms with Crippen molar-refractivity contribution >= 4 is 34.8 Å². The minimum atomic E-state index is 0.111. The third kappa shape index (κ3) is 6.15. The molecule has 11 nitrogen and oxygen atoms in total. The zero-order chi connectivity index (χ0) is 28.1. The Morgan fingerprint density at radius 2 is 1.85 bits per heavy atom. The minimum absolute atomic E-state index is 0.111. The van der Waals surface area contributed by atoms with Crippen molar-refractivity contribution in [2.75, 3.05) is 75.1 Å². The van der Waals surface area contributed by atoms with Gasteiger partial charge in [-0.05, 0) is 36.7 Å². The summed E-state index contributed by atoms with van der Waals surface area (Å²) in [6.45, 7) is 7.55. The van der Waals surface area contributed by atoms with Crippen molar-refractivity contribution in [1.29, 1.82) is 0 Å². The fourth-order valence-electron chi connectivity index (χ4n) is 5.06. The van der Waals surface area contributed by atoms with Crippen molar-refractivity contribution in [1.82, 2.24) is 24.8 Å². The Kier molecular flexibility index (Phi) is 8.40. The first-order valence-electron chi connectivity index (χ1n) is 13.7. The predicted octanol–water partition coefficient (Wildman–Crippen LogP) is 3.02. The number of pyridine rings is 1. The Bertz CT molecular complexity index is 1340. The maximum absolute atomic E-state index is 12.9. The highest BCUT2D eigenvalue weighted by atomic mass is 16.5. The van der Waals surface area contributed by atoms with E-state index in [1.54, 1.807) is 25.7 Å². The Morgan fingerprint density at radius 3 is 2.52 bits per heavy atom. The van der Waals surface area contributed by atoms with Gasteiger partial charge in [0.05, 0.1) is 43.0 Å². The lowest BCUT2D eigenvalue weighted by Crippen LogP contribution is -2.50. The number of hydrogen-bond acceptors (Lipinski definition) is 9. The van der Waals surface area contributed by atoms with Gasteiger partial charge in [0, 0.05) is 58.1 Å². The van der Waals surface area contributed by atoms with Gasteiger partial charge < -0.3 is 29.7 Å². The molecule has 0 bridgehead atoms. The van der Waals surface area contributed by atoms with Crippen LogP contribution in [0.5, 0.6) is 5.88 Å². The van der Waals surface area contributed by atoms with Crippen LogP contribution in [-0.4, -0.2) is 96.5 Å². The van der Waals surface area contributed by atoms with E-state index in [0.717, 1.165) is 68.2 Å². The first-order valence-corrected chi connectivity index (χ1v) is 13.7. The third-order valence-corrected chi connectivity index (χ3v) is 7.48. The van der Waals surface area contributed by atoms with Gasteiger partial charge in [-0.15, -0.1) is 0 Å². The Labute approximate surface area is 234 Å². The molecule has 2 aliphatic rings. The molecular weight excluding hydrogens is 508 g/mol. The third-order valence-electron chi connectivity index (χ3n) is 7.48. The Morgan fingerprint density at radius 1 is 1.07 bits per heavy atom. The van der Waals surface area contributed by atoms with E-state index in [4.69, 9.17) is 4.74 Å². The fraction of sp³-hybridized carbons (Fsp3) is 0.414. The molecule has 1 aromatic carbocycles. The van der Waals surface area contributed by atoms with E-state index in [2.05, 4.69) is 32.1 Å². The Balaban J connectivity index is 1.24. The number of benzene rings is 1. The molecule has 5 rings (SSSR count). The molecule has 2 aromatic heterocycles. The van der Waals surface area contributed by atoms with Crippen LogP contribution in [0.25, 0.3) is 11.1 Å². The molecular formula is C29H36N8O3. The van der Waals surface area contributed by atoms with Crippen LogP contribution in [0.1, 0.15) is 19.8 Å². The molecule has 2 aliphatic heterocycles. The quantitative estimate of drug-likeness (QED) is 0.435. The maximum atomic E-state index is 12.9. The summed E-state index contributed by atoms with van der Waals surface area (Å²) < 4.78 is 5.58. The van der Waals surface area contributed by atoms with E-state index in [1.165, 1.54) is 0 Å². The van der Waals surface area contributed by atoms with Crippen molar-refractivity contribution in [2.24, 2.45) is 0 Å². The van der Waals surface area contributed by atoms with Crippen molar-refractivity contribution < 1.29 is 14.3 Å². The molecule has 0 radical (unpaired) electrons. The lowest BCUT2D eigenvalue weighted by Gasteiger charge is -2.35. The summed E-state index contributed by atoms with van der Waals surface area (Å²) in [6.07, 6.45) is 6.62. The highest BCUT2D eigenvalue weighted by Gasteiger charge is 2.23. The molecule has 0 spiro atoms. The van der Waals surface area contributed by atoms with Crippen LogP contribution in [-0.2, 0) is 9.59 Å². The Hall–Kier alpha value is -4.25. The summed E-state index contributed by atoms with van der Waals surface area (Å²) in [5.41, 5.74) is 4.04. The molecule has 2 saturated heterocycles. The number of methoxy groups -OCH3 is 1. The summed E-state index contributed by atoms with van der Waals surface area (Å²) in [7, 11) is 3.46. The van der Waals surface area contributed by atoms with Crippen LogP contribution in [0.2, 0.25) is 0 Å². The molecule has 0 atom stereocenters. The number of carbonyl (C=O) groups excluding carboxylic acids is 2. The number of aromatic nitrogens is 3. The molecule has 4 heterocycles. The zero-order valence-corrected chi connectivity index (χ0v) is 23.3. The lowest BCUT2D eigenvalue weighted by molar-refractivity contribution is -0.131. The number of rotatable bonds is 9. The maximum Gasteiger partial charge on any atom is 0.242 e. The van der Waals surface area contributed by atoms with Crippen molar-refractivity contribution in [3.8, 4) is 17.0 Å². The molecule has 11 heteroatoms. The van der Waals surface area contributed by atoms with Crippen LogP contribution in [0.15, 0.2) is 48.9 Å². The van der Waals surface area contributed by atoms with Gasteiger partial charge in [-0.25, -0.2) is 4.98 Å². The van der Waals surface area contributed by atoms with E-state index >= 15 is 0 Å². The largest absolute Gasteiger partial charge is 0.480 e. The van der Waals surface area contributed by atoms with E-state index in [-0.39, 0.29) is 18.4 Å². The average molecular weight is 545 g/mol. The number of nitrogens with one attached hydrogen (secondary N) is 1. The smallest absolute Gasteiger partial charge is 0.242 e. The van der Waals surface area contributed by atoms with E-state index in [9.17, 15) is 9.59 Å². The number of piperazine rings is 1. The summed E-state index contributed by atoms with van der Waals surface area (Å²) in [5, 5.41) is 3.20. The first-order chi connectivity index (χ1) is 19.4. The van der Waals surface area contributed by atoms with E-state index in [0.29, 0.717) is 23.9 Å². The van der Waals surface area contributed by atoms with Crippen LogP contribution in [0.3, 0.4) is 0 Å². The standard InChI is InChI=1S/C29H36N8O3/c1-4-35-12-14-36(15-13-35)27(39)20-34(2)24-16-22(17-30-18-24)32-29-31-19-25(28(33-29)40-3)21-7-9-23(10-8-21)37-11-5-6-26(37)38/h7-10,16-19H,4-6,11-15,20H2,1-3H3,(H,31,32,33). The fourth-order valence-corrected chi connectivity index (χ4v) is 5.06. The van der Waals surface area contributed by atoms with Crippen LogP contribution >= 0.6 is 0 Å². The number of amides is 2. The summed E-state index contributed by atoms with van der Waals surface area (Å²) in [5.74, 6) is 1.06. The van der Waals surface area contributed by atoms with E-state index < -0.39 is 0 Å². The monoisotopic (exact) mass is 544 g/mol. The predicted molar refractivity (Wildman–Crippen MR) is 155 cm³/mol. The minimum Gasteiger partial charge on any atom is -0.480 e. The first kappa shape index (κ1) is 27.3. The normalized spacial score (nSPS) is 15.8. The van der Waals surface area contributed by atoms with Gasteiger partial charge in [0.15, 0.2) is 0 Å². The molecule has 0 saturated carbocycles. The van der Waals surface area contributed by atoms with Crippen LogP contribution < -0.4 is 19.9 Å². The highest BCUT2D eigenvalue weighted by Crippen LogP contribution is 2.31. The molecule has 0 aliphatic carbocycles. The molecule has 0 unspecified atom stereocenters. The summed E-state index contributed by atoms with van der Waals surface area (Å²) in [6, 6.07) is 9.69. The number of carbonyl (C=O) groups is 2. The van der Waals surface area contributed by atoms with Gasteiger partial charge in [0.25, 0.3) is 0 Å². The van der Waals surface area contributed by atoms with Gasteiger partial charge in [-0.3, -0.25) is 14.6 Å². The second-order valence-corrected chi connectivity index (χ2v) is 10.0. The number of likely N-dealkylation sites (N-methyl/N-ethyl adjacent to an activating group) is 2. The second kappa shape index (κ2) is 12.3. The van der Waals surface area contributed by atoms with Crippen molar-refractivity contribution in [3.63, 3.8) is 0 Å². The molecule has 3 aromatic rings. The van der Waals surface area contributed by atoms with Crippen molar-refractivity contribution in [2.45, 2.75) is 19.8 Å². The van der Waals surface area contributed by atoms with Gasteiger partial charge in [-0.2, -0.15) is 4.98 Å². The number of anilines is 4. The number of ether oxygens (including phenoxy) is 1. The molecule has 40 heavy (non-hydrogen) atoms. The SMILES string of the molecule is CCN1CCN(C(=O)CN(C)c2cncc(Nc3ncc(-c4ccc(N5CCCC5=O)cc4)c(OC)n3)c2)CC1. The summed E-state index contributed by atoms with van der Waals surface area (Å²) in [4.78, 5) is 46.3. The van der Waals surface area contributed by atoms with Gasteiger partial charge in [-0.1, -0.05) is 19.1 Å². The van der Waals surface area contributed by atoms with E-state index in [1.807, 2.05) is 52.1 Å². The second-order valence-electron chi connectivity index (χ2n) is 10.0. The number of nitrogens with zero attached hydrogens (tertiary/aromatic N) is 7. The molecule has 2 amide bonds.